The second-order valence-corrected chi connectivity index (χ2v) is 2.71. The first-order valence-corrected chi connectivity index (χ1v) is 4.23. The van der Waals surface area contributed by atoms with Crippen molar-refractivity contribution in [3.63, 3.8) is 0 Å². The summed E-state index contributed by atoms with van der Waals surface area (Å²) >= 11 is 0. The molecule has 1 radical (unpaired) electrons. The molecular formula is C10H11F2O. The maximum absolute atomic E-state index is 12.6. The van der Waals surface area contributed by atoms with Crippen LogP contribution in [-0.2, 0) is 0 Å². The van der Waals surface area contributed by atoms with Gasteiger partial charge in [-0.15, -0.1) is 0 Å². The van der Waals surface area contributed by atoms with Gasteiger partial charge in [0.25, 0.3) is 0 Å². The Morgan fingerprint density at radius 3 is 2.77 bits per heavy atom. The van der Waals surface area contributed by atoms with E-state index in [-0.39, 0.29) is 5.75 Å². The summed E-state index contributed by atoms with van der Waals surface area (Å²) in [6, 6.07) is 4.17. The van der Waals surface area contributed by atoms with Crippen molar-refractivity contribution >= 4 is 0 Å². The van der Waals surface area contributed by atoms with Gasteiger partial charge < -0.3 is 4.74 Å². The fourth-order valence-corrected chi connectivity index (χ4v) is 0.882. The minimum atomic E-state index is -0.730. The molecule has 0 bridgehead atoms. The Balaban J connectivity index is 2.56. The molecule has 3 heteroatoms. The molecule has 71 valence electrons. The highest BCUT2D eigenvalue weighted by Gasteiger charge is 2.01. The molecule has 0 aliphatic rings. The van der Waals surface area contributed by atoms with Crippen molar-refractivity contribution in [2.45, 2.75) is 19.8 Å². The van der Waals surface area contributed by atoms with Gasteiger partial charge in [0.05, 0.1) is 12.7 Å². The van der Waals surface area contributed by atoms with Gasteiger partial charge in [-0.05, 0) is 6.42 Å². The standard InChI is InChI=1S/C10H11F2O/c1-2-3-4-13-10-6-8(11)5-9(12)7-10/h5-6H,2-4H2,1H3. The van der Waals surface area contributed by atoms with Crippen molar-refractivity contribution in [2.75, 3.05) is 6.61 Å². The SMILES string of the molecule is CCCCOc1[c]c(F)cc(F)c1. The molecule has 0 atom stereocenters. The molecule has 0 amide bonds. The summed E-state index contributed by atoms with van der Waals surface area (Å²) in [7, 11) is 0. The Bertz CT molecular complexity index is 253. The van der Waals surface area contributed by atoms with E-state index in [0.717, 1.165) is 25.0 Å². The minimum absolute atomic E-state index is 0.131. The largest absolute Gasteiger partial charge is 0.493 e. The lowest BCUT2D eigenvalue weighted by atomic mass is 10.3. The summed E-state index contributed by atoms with van der Waals surface area (Å²) in [6.45, 7) is 2.48. The molecule has 0 fully saturated rings. The van der Waals surface area contributed by atoms with Gasteiger partial charge in [-0.25, -0.2) is 8.78 Å². The highest BCUT2D eigenvalue weighted by molar-refractivity contribution is 5.22. The van der Waals surface area contributed by atoms with Crippen LogP contribution in [0.25, 0.3) is 0 Å². The predicted molar refractivity (Wildman–Crippen MR) is 45.6 cm³/mol. The lowest BCUT2D eigenvalue weighted by Crippen LogP contribution is -1.97. The molecular weight excluding hydrogens is 174 g/mol. The second kappa shape index (κ2) is 4.80. The van der Waals surface area contributed by atoms with Gasteiger partial charge in [-0.2, -0.15) is 0 Å². The first kappa shape index (κ1) is 9.96. The van der Waals surface area contributed by atoms with Crippen LogP contribution < -0.4 is 4.74 Å². The van der Waals surface area contributed by atoms with E-state index in [0.29, 0.717) is 6.61 Å². The van der Waals surface area contributed by atoms with Gasteiger partial charge in [-0.3, -0.25) is 0 Å². The Kier molecular flexibility index (Phi) is 3.68. The topological polar surface area (TPSA) is 9.23 Å². The molecule has 0 unspecified atom stereocenters. The zero-order valence-electron chi connectivity index (χ0n) is 7.44. The molecule has 0 aliphatic heterocycles. The molecule has 0 spiro atoms. The number of benzene rings is 1. The maximum atomic E-state index is 12.6. The van der Waals surface area contributed by atoms with Crippen LogP contribution in [0.1, 0.15) is 19.8 Å². The van der Waals surface area contributed by atoms with Gasteiger partial charge in [0.15, 0.2) is 0 Å². The normalized spacial score (nSPS) is 10.1. The van der Waals surface area contributed by atoms with Gasteiger partial charge in [0.2, 0.25) is 0 Å². The minimum Gasteiger partial charge on any atom is -0.493 e. The molecule has 0 aromatic heterocycles. The summed E-state index contributed by atoms with van der Waals surface area (Å²) in [6.07, 6.45) is 1.85. The third-order valence-corrected chi connectivity index (χ3v) is 1.53. The Morgan fingerprint density at radius 1 is 1.38 bits per heavy atom. The molecule has 0 saturated carbocycles. The van der Waals surface area contributed by atoms with E-state index >= 15 is 0 Å². The zero-order chi connectivity index (χ0) is 9.68. The number of hydrogen-bond donors (Lipinski definition) is 0. The van der Waals surface area contributed by atoms with Gasteiger partial charge in [0.1, 0.15) is 17.4 Å². The molecule has 1 aromatic carbocycles. The molecule has 1 aromatic rings. The van der Waals surface area contributed by atoms with E-state index in [1.807, 2.05) is 6.92 Å². The van der Waals surface area contributed by atoms with E-state index in [9.17, 15) is 8.78 Å². The van der Waals surface area contributed by atoms with Crippen molar-refractivity contribution < 1.29 is 13.5 Å². The van der Waals surface area contributed by atoms with Crippen LogP contribution in [-0.4, -0.2) is 6.61 Å². The smallest absolute Gasteiger partial charge is 0.137 e. The number of rotatable bonds is 4. The molecule has 0 N–H and O–H groups in total. The van der Waals surface area contributed by atoms with Crippen LogP contribution >= 0.6 is 0 Å². The average molecular weight is 185 g/mol. The first-order valence-electron chi connectivity index (χ1n) is 4.23. The second-order valence-electron chi connectivity index (χ2n) is 2.71. The van der Waals surface area contributed by atoms with Crippen LogP contribution in [0.4, 0.5) is 8.78 Å². The number of halogens is 2. The van der Waals surface area contributed by atoms with Crippen LogP contribution in [0.3, 0.4) is 0 Å². The highest BCUT2D eigenvalue weighted by Crippen LogP contribution is 2.14. The molecule has 0 aliphatic carbocycles. The summed E-state index contributed by atoms with van der Waals surface area (Å²) in [5.41, 5.74) is 0. The van der Waals surface area contributed by atoms with E-state index in [2.05, 4.69) is 6.07 Å². The van der Waals surface area contributed by atoms with Gasteiger partial charge in [0, 0.05) is 12.1 Å². The maximum Gasteiger partial charge on any atom is 0.137 e. The van der Waals surface area contributed by atoms with Crippen molar-refractivity contribution in [3.8, 4) is 5.75 Å². The molecule has 0 heterocycles. The van der Waals surface area contributed by atoms with E-state index in [1.165, 1.54) is 0 Å². The van der Waals surface area contributed by atoms with Crippen molar-refractivity contribution in [1.29, 1.82) is 0 Å². The van der Waals surface area contributed by atoms with E-state index in [1.54, 1.807) is 0 Å². The Labute approximate surface area is 76.3 Å². The average Bonchev–Trinajstić information content (AvgIpc) is 2.03. The summed E-state index contributed by atoms with van der Waals surface area (Å²) < 4.78 is 30.2. The van der Waals surface area contributed by atoms with Crippen molar-refractivity contribution in [2.24, 2.45) is 0 Å². The van der Waals surface area contributed by atoms with Gasteiger partial charge >= 0.3 is 0 Å². The predicted octanol–water partition coefficient (Wildman–Crippen LogP) is 2.94. The van der Waals surface area contributed by atoms with Crippen LogP contribution in [0.2, 0.25) is 0 Å². The molecule has 1 nitrogen and oxygen atoms in total. The monoisotopic (exact) mass is 185 g/mol. The van der Waals surface area contributed by atoms with E-state index < -0.39 is 11.6 Å². The zero-order valence-corrected chi connectivity index (χ0v) is 7.44. The van der Waals surface area contributed by atoms with Crippen LogP contribution in [0.5, 0.6) is 5.75 Å². The number of unbranched alkanes of at least 4 members (excludes halogenated alkanes) is 1. The van der Waals surface area contributed by atoms with Crippen molar-refractivity contribution in [3.05, 3.63) is 29.8 Å². The van der Waals surface area contributed by atoms with Crippen LogP contribution in [0.15, 0.2) is 12.1 Å². The first-order chi connectivity index (χ1) is 6.22. The number of ether oxygens (including phenoxy) is 1. The Hall–Kier alpha value is -1.12. The van der Waals surface area contributed by atoms with Gasteiger partial charge in [-0.1, -0.05) is 13.3 Å². The third-order valence-electron chi connectivity index (χ3n) is 1.53. The lowest BCUT2D eigenvalue weighted by molar-refractivity contribution is 0.305. The third kappa shape index (κ3) is 3.40. The summed E-state index contributed by atoms with van der Waals surface area (Å²) in [5.74, 6) is -1.24. The van der Waals surface area contributed by atoms with Crippen LogP contribution in [0, 0.1) is 17.7 Å². The summed E-state index contributed by atoms with van der Waals surface area (Å²) in [4.78, 5) is 0. The highest BCUT2D eigenvalue weighted by atomic mass is 19.1. The quantitative estimate of drug-likeness (QED) is 0.655. The molecule has 13 heavy (non-hydrogen) atoms. The summed E-state index contributed by atoms with van der Waals surface area (Å²) in [5, 5.41) is 0. The molecule has 0 saturated heterocycles. The van der Waals surface area contributed by atoms with Crippen molar-refractivity contribution in [1.82, 2.24) is 0 Å². The number of hydrogen-bond acceptors (Lipinski definition) is 1. The van der Waals surface area contributed by atoms with E-state index in [4.69, 9.17) is 4.74 Å². The Morgan fingerprint density at radius 2 is 2.15 bits per heavy atom. The molecule has 1 rings (SSSR count). The fourth-order valence-electron chi connectivity index (χ4n) is 0.882. The lowest BCUT2D eigenvalue weighted by Gasteiger charge is -2.04. The fraction of sp³-hybridized carbons (Fsp3) is 0.400.